The Labute approximate surface area is 113 Å². The first kappa shape index (κ1) is 15.0. The van der Waals surface area contributed by atoms with E-state index in [4.69, 9.17) is 0 Å². The van der Waals surface area contributed by atoms with Gasteiger partial charge in [-0.15, -0.1) is 0 Å². The van der Waals surface area contributed by atoms with Gasteiger partial charge in [0.15, 0.2) is 0 Å². The van der Waals surface area contributed by atoms with Crippen molar-refractivity contribution in [2.75, 3.05) is 18.9 Å². The third-order valence-corrected chi connectivity index (χ3v) is 2.52. The average molecular weight is 263 g/mol. The molecule has 0 fully saturated rings. The molecule has 0 heterocycles. The van der Waals surface area contributed by atoms with Gasteiger partial charge in [0, 0.05) is 37.3 Å². The average Bonchev–Trinajstić information content (AvgIpc) is 2.37. The summed E-state index contributed by atoms with van der Waals surface area (Å²) in [6.07, 6.45) is 0.290. The summed E-state index contributed by atoms with van der Waals surface area (Å²) in [5.74, 6) is -0.221. The third kappa shape index (κ3) is 5.42. The molecule has 0 saturated carbocycles. The quantitative estimate of drug-likeness (QED) is 0.726. The first-order valence-electron chi connectivity index (χ1n) is 6.38. The monoisotopic (exact) mass is 263 g/mol. The fraction of sp³-hybridized carbons (Fsp3) is 0.429. The predicted octanol–water partition coefficient (Wildman–Crippen LogP) is 1.37. The Hall–Kier alpha value is -2.04. The van der Waals surface area contributed by atoms with Gasteiger partial charge in [0.25, 0.3) is 5.91 Å². The number of carbonyl (C=O) groups excluding carboxylic acids is 2. The summed E-state index contributed by atoms with van der Waals surface area (Å²) in [6.45, 7) is 4.14. The second-order valence-electron chi connectivity index (χ2n) is 4.56. The smallest absolute Gasteiger partial charge is 0.251 e. The van der Waals surface area contributed by atoms with Crippen molar-refractivity contribution in [3.05, 3.63) is 29.8 Å². The standard InChI is InChI=1S/C14H21N3O2/c1-10(2)17-13(18)8-9-16-14(19)11-4-6-12(15-3)7-5-11/h4-7,10,15H,8-9H2,1-3H3,(H,16,19)(H,17,18). The van der Waals surface area contributed by atoms with Crippen LogP contribution in [0.2, 0.25) is 0 Å². The van der Waals surface area contributed by atoms with Crippen LogP contribution in [0.1, 0.15) is 30.6 Å². The van der Waals surface area contributed by atoms with Crippen LogP contribution in [0.25, 0.3) is 0 Å². The SMILES string of the molecule is CNc1ccc(C(=O)NCCC(=O)NC(C)C)cc1. The van der Waals surface area contributed by atoms with Crippen LogP contribution in [0.15, 0.2) is 24.3 Å². The van der Waals surface area contributed by atoms with Crippen molar-refractivity contribution in [1.29, 1.82) is 0 Å². The van der Waals surface area contributed by atoms with Crippen LogP contribution in [-0.4, -0.2) is 31.4 Å². The molecule has 104 valence electrons. The maximum atomic E-state index is 11.8. The van der Waals surface area contributed by atoms with Gasteiger partial charge in [-0.25, -0.2) is 0 Å². The van der Waals surface area contributed by atoms with Crippen molar-refractivity contribution in [2.45, 2.75) is 26.3 Å². The molecule has 19 heavy (non-hydrogen) atoms. The number of amides is 2. The molecule has 0 aliphatic heterocycles. The Balaban J connectivity index is 2.36. The van der Waals surface area contributed by atoms with Crippen molar-refractivity contribution in [2.24, 2.45) is 0 Å². The van der Waals surface area contributed by atoms with E-state index < -0.39 is 0 Å². The lowest BCUT2D eigenvalue weighted by atomic mass is 10.2. The minimum Gasteiger partial charge on any atom is -0.388 e. The van der Waals surface area contributed by atoms with Gasteiger partial charge in [-0.1, -0.05) is 0 Å². The number of carbonyl (C=O) groups is 2. The zero-order chi connectivity index (χ0) is 14.3. The number of nitrogens with one attached hydrogen (secondary N) is 3. The van der Waals surface area contributed by atoms with Gasteiger partial charge in [0.05, 0.1) is 0 Å². The van der Waals surface area contributed by atoms with E-state index in [1.165, 1.54) is 0 Å². The van der Waals surface area contributed by atoms with Crippen molar-refractivity contribution in [3.8, 4) is 0 Å². The number of benzene rings is 1. The molecule has 0 unspecified atom stereocenters. The molecule has 0 aromatic heterocycles. The van der Waals surface area contributed by atoms with E-state index in [0.29, 0.717) is 18.5 Å². The van der Waals surface area contributed by atoms with Crippen LogP contribution in [0, 0.1) is 0 Å². The Morgan fingerprint density at radius 2 is 1.79 bits per heavy atom. The van der Waals surface area contributed by atoms with Gasteiger partial charge in [-0.05, 0) is 38.1 Å². The van der Waals surface area contributed by atoms with Crippen molar-refractivity contribution in [1.82, 2.24) is 10.6 Å². The normalized spacial score (nSPS) is 10.1. The fourth-order valence-electron chi connectivity index (χ4n) is 1.57. The second-order valence-corrected chi connectivity index (χ2v) is 4.56. The van der Waals surface area contributed by atoms with Crippen molar-refractivity contribution in [3.63, 3.8) is 0 Å². The first-order chi connectivity index (χ1) is 9.02. The van der Waals surface area contributed by atoms with E-state index in [0.717, 1.165) is 5.69 Å². The minimum atomic E-state index is -0.167. The second kappa shape index (κ2) is 7.41. The summed E-state index contributed by atoms with van der Waals surface area (Å²) in [7, 11) is 1.82. The molecule has 0 aliphatic rings. The maximum absolute atomic E-state index is 11.8. The Bertz CT molecular complexity index is 427. The summed E-state index contributed by atoms with van der Waals surface area (Å²) >= 11 is 0. The van der Waals surface area contributed by atoms with Gasteiger partial charge in [0.1, 0.15) is 0 Å². The number of rotatable bonds is 6. The van der Waals surface area contributed by atoms with E-state index in [9.17, 15) is 9.59 Å². The number of anilines is 1. The topological polar surface area (TPSA) is 70.2 Å². The molecule has 1 aromatic carbocycles. The molecule has 0 radical (unpaired) electrons. The molecule has 5 nitrogen and oxygen atoms in total. The van der Waals surface area contributed by atoms with Crippen LogP contribution in [0.3, 0.4) is 0 Å². The summed E-state index contributed by atoms with van der Waals surface area (Å²) in [5.41, 5.74) is 1.54. The van der Waals surface area contributed by atoms with Gasteiger partial charge in [0.2, 0.25) is 5.91 Å². The third-order valence-electron chi connectivity index (χ3n) is 2.52. The Morgan fingerprint density at radius 1 is 1.16 bits per heavy atom. The summed E-state index contributed by atoms with van der Waals surface area (Å²) in [4.78, 5) is 23.2. The molecule has 3 N–H and O–H groups in total. The highest BCUT2D eigenvalue weighted by molar-refractivity contribution is 5.94. The largest absolute Gasteiger partial charge is 0.388 e. The number of hydrogen-bond donors (Lipinski definition) is 3. The van der Waals surface area contributed by atoms with Gasteiger partial charge in [-0.3, -0.25) is 9.59 Å². The zero-order valence-corrected chi connectivity index (χ0v) is 11.6. The minimum absolute atomic E-state index is 0.0548. The summed E-state index contributed by atoms with van der Waals surface area (Å²) < 4.78 is 0. The Kier molecular flexibility index (Phi) is 5.85. The van der Waals surface area contributed by atoms with Crippen molar-refractivity contribution >= 4 is 17.5 Å². The molecular formula is C14H21N3O2. The maximum Gasteiger partial charge on any atom is 0.251 e. The van der Waals surface area contributed by atoms with Crippen LogP contribution in [0.5, 0.6) is 0 Å². The molecule has 1 aromatic rings. The predicted molar refractivity (Wildman–Crippen MR) is 76.2 cm³/mol. The van der Waals surface area contributed by atoms with Gasteiger partial charge >= 0.3 is 0 Å². The first-order valence-corrected chi connectivity index (χ1v) is 6.38. The molecule has 0 saturated heterocycles. The molecule has 0 aliphatic carbocycles. The highest BCUT2D eigenvalue weighted by atomic mass is 16.2. The van der Waals surface area contributed by atoms with Crippen molar-refractivity contribution < 1.29 is 9.59 Å². The van der Waals surface area contributed by atoms with E-state index in [2.05, 4.69) is 16.0 Å². The summed E-state index contributed by atoms with van der Waals surface area (Å²) in [5, 5.41) is 8.48. The van der Waals surface area contributed by atoms with Gasteiger partial charge < -0.3 is 16.0 Å². The highest BCUT2D eigenvalue weighted by Gasteiger charge is 2.07. The van der Waals surface area contributed by atoms with Crippen LogP contribution in [-0.2, 0) is 4.79 Å². The van der Waals surface area contributed by atoms with Crippen LogP contribution < -0.4 is 16.0 Å². The fourth-order valence-corrected chi connectivity index (χ4v) is 1.57. The van der Waals surface area contributed by atoms with E-state index >= 15 is 0 Å². The summed E-state index contributed by atoms with van der Waals surface area (Å²) in [6, 6.07) is 7.28. The lowest BCUT2D eigenvalue weighted by molar-refractivity contribution is -0.121. The van der Waals surface area contributed by atoms with E-state index in [-0.39, 0.29) is 17.9 Å². The molecule has 0 spiro atoms. The van der Waals surface area contributed by atoms with E-state index in [1.807, 2.05) is 33.0 Å². The highest BCUT2D eigenvalue weighted by Crippen LogP contribution is 2.08. The molecular weight excluding hydrogens is 242 g/mol. The lowest BCUT2D eigenvalue weighted by Gasteiger charge is -2.09. The lowest BCUT2D eigenvalue weighted by Crippen LogP contribution is -2.34. The molecule has 2 amide bonds. The number of hydrogen-bond acceptors (Lipinski definition) is 3. The molecule has 5 heteroatoms. The molecule has 1 rings (SSSR count). The zero-order valence-electron chi connectivity index (χ0n) is 11.6. The molecule has 0 atom stereocenters. The Morgan fingerprint density at radius 3 is 2.32 bits per heavy atom. The van der Waals surface area contributed by atoms with Crippen LogP contribution in [0.4, 0.5) is 5.69 Å². The van der Waals surface area contributed by atoms with E-state index in [1.54, 1.807) is 12.1 Å². The van der Waals surface area contributed by atoms with Gasteiger partial charge in [-0.2, -0.15) is 0 Å². The van der Waals surface area contributed by atoms with Crippen LogP contribution >= 0.6 is 0 Å². The molecule has 0 bridgehead atoms.